The minimum atomic E-state index is -0.538. The predicted molar refractivity (Wildman–Crippen MR) is 115 cm³/mol. The molecule has 7 heteroatoms. The smallest absolute Gasteiger partial charge is 0.280 e. The van der Waals surface area contributed by atoms with E-state index in [2.05, 4.69) is 42.6 Å². The van der Waals surface area contributed by atoms with E-state index in [1.165, 1.54) is 27.3 Å². The van der Waals surface area contributed by atoms with Crippen molar-refractivity contribution in [1.29, 1.82) is 0 Å². The van der Waals surface area contributed by atoms with Crippen molar-refractivity contribution in [3.8, 4) is 0 Å². The molecule has 28 heavy (non-hydrogen) atoms. The summed E-state index contributed by atoms with van der Waals surface area (Å²) in [6.45, 7) is 2.42. The molecule has 2 amide bonds. The van der Waals surface area contributed by atoms with E-state index in [0.29, 0.717) is 10.6 Å². The number of rotatable bonds is 9. The zero-order valence-electron chi connectivity index (χ0n) is 15.7. The molecule has 0 spiro atoms. The molecule has 0 saturated carbocycles. The predicted octanol–water partition coefficient (Wildman–Crippen LogP) is 3.15. The van der Waals surface area contributed by atoms with Gasteiger partial charge < -0.3 is 16.4 Å². The van der Waals surface area contributed by atoms with E-state index in [9.17, 15) is 9.59 Å². The summed E-state index contributed by atoms with van der Waals surface area (Å²) in [6, 6.07) is 14.4. The van der Waals surface area contributed by atoms with Crippen LogP contribution in [-0.4, -0.2) is 18.4 Å². The lowest BCUT2D eigenvalue weighted by Crippen LogP contribution is -2.87. The fourth-order valence-corrected chi connectivity index (χ4v) is 4.73. The van der Waals surface area contributed by atoms with E-state index in [1.807, 2.05) is 16.8 Å². The summed E-state index contributed by atoms with van der Waals surface area (Å²) >= 11 is 2.98. The highest BCUT2D eigenvalue weighted by molar-refractivity contribution is 7.14. The lowest BCUT2D eigenvalue weighted by atomic mass is 10.0. The second kappa shape index (κ2) is 9.64. The number of anilines is 1. The molecule has 0 saturated heterocycles. The van der Waals surface area contributed by atoms with Crippen molar-refractivity contribution in [3.63, 3.8) is 0 Å². The van der Waals surface area contributed by atoms with Gasteiger partial charge in [0.2, 0.25) is 0 Å². The topological polar surface area (TPSA) is 88.8 Å². The molecular formula is C21H24N3O2S2+. The minimum Gasteiger partial charge on any atom is -0.366 e. The van der Waals surface area contributed by atoms with Gasteiger partial charge in [0, 0.05) is 5.56 Å². The van der Waals surface area contributed by atoms with Gasteiger partial charge in [0.05, 0.1) is 10.4 Å². The van der Waals surface area contributed by atoms with Crippen molar-refractivity contribution >= 4 is 39.5 Å². The fraction of sp³-hybridized carbons (Fsp3) is 0.238. The van der Waals surface area contributed by atoms with Crippen LogP contribution in [0.1, 0.15) is 45.7 Å². The summed E-state index contributed by atoms with van der Waals surface area (Å²) < 4.78 is 0. The molecule has 0 aliphatic heterocycles. The molecule has 5 N–H and O–H groups in total. The zero-order chi connectivity index (χ0) is 19.9. The van der Waals surface area contributed by atoms with E-state index in [1.54, 1.807) is 22.8 Å². The highest BCUT2D eigenvalue weighted by Crippen LogP contribution is 2.24. The van der Waals surface area contributed by atoms with Crippen LogP contribution < -0.4 is 16.4 Å². The van der Waals surface area contributed by atoms with Crippen LogP contribution in [0.4, 0.5) is 5.00 Å². The molecule has 0 aliphatic carbocycles. The van der Waals surface area contributed by atoms with E-state index >= 15 is 0 Å². The van der Waals surface area contributed by atoms with Crippen LogP contribution in [-0.2, 0) is 11.2 Å². The third kappa shape index (κ3) is 5.07. The molecule has 0 unspecified atom stereocenters. The first-order valence-electron chi connectivity index (χ1n) is 9.21. The van der Waals surface area contributed by atoms with Gasteiger partial charge >= 0.3 is 0 Å². The van der Waals surface area contributed by atoms with Crippen LogP contribution in [0.25, 0.3) is 0 Å². The second-order valence-electron chi connectivity index (χ2n) is 6.50. The molecule has 0 fully saturated rings. The van der Waals surface area contributed by atoms with Crippen LogP contribution in [0.15, 0.2) is 53.2 Å². The van der Waals surface area contributed by atoms with Gasteiger partial charge in [-0.1, -0.05) is 43.7 Å². The maximum Gasteiger partial charge on any atom is 0.280 e. The first-order valence-corrected chi connectivity index (χ1v) is 11.0. The lowest BCUT2D eigenvalue weighted by Gasteiger charge is -2.15. The van der Waals surface area contributed by atoms with Crippen molar-refractivity contribution in [2.24, 2.45) is 5.73 Å². The van der Waals surface area contributed by atoms with Crippen molar-refractivity contribution in [2.45, 2.75) is 25.8 Å². The van der Waals surface area contributed by atoms with E-state index in [4.69, 9.17) is 5.73 Å². The van der Waals surface area contributed by atoms with Crippen LogP contribution in [0, 0.1) is 0 Å². The Kier molecular flexibility index (Phi) is 6.97. The molecule has 0 radical (unpaired) electrons. The number of quaternary nitrogens is 1. The van der Waals surface area contributed by atoms with Gasteiger partial charge in [0.1, 0.15) is 11.0 Å². The van der Waals surface area contributed by atoms with Gasteiger partial charge in [-0.15, -0.1) is 22.7 Å². The first kappa shape index (κ1) is 20.3. The molecular weight excluding hydrogens is 390 g/mol. The van der Waals surface area contributed by atoms with Gasteiger partial charge in [-0.25, -0.2) is 0 Å². The quantitative estimate of drug-likeness (QED) is 0.502. The van der Waals surface area contributed by atoms with Crippen molar-refractivity contribution in [3.05, 3.63) is 74.8 Å². The van der Waals surface area contributed by atoms with Gasteiger partial charge in [-0.3, -0.25) is 9.59 Å². The van der Waals surface area contributed by atoms with Gasteiger partial charge in [-0.05, 0) is 34.9 Å². The summed E-state index contributed by atoms with van der Waals surface area (Å²) in [6.07, 6.45) is 2.19. The third-order valence-corrected chi connectivity index (χ3v) is 6.24. The van der Waals surface area contributed by atoms with Crippen LogP contribution >= 0.6 is 22.7 Å². The summed E-state index contributed by atoms with van der Waals surface area (Å²) in [5.74, 6) is -0.696. The Morgan fingerprint density at radius 2 is 1.89 bits per heavy atom. The fourth-order valence-electron chi connectivity index (χ4n) is 3.07. The number of benzene rings is 1. The van der Waals surface area contributed by atoms with E-state index < -0.39 is 5.91 Å². The van der Waals surface area contributed by atoms with Crippen LogP contribution in [0.3, 0.4) is 0 Å². The zero-order valence-corrected chi connectivity index (χ0v) is 17.3. The van der Waals surface area contributed by atoms with Crippen LogP contribution in [0.2, 0.25) is 0 Å². The summed E-state index contributed by atoms with van der Waals surface area (Å²) in [5.41, 5.74) is 8.18. The van der Waals surface area contributed by atoms with Gasteiger partial charge in [-0.2, -0.15) is 0 Å². The molecule has 2 aromatic heterocycles. The number of thiophene rings is 2. The number of carbonyl (C=O) groups excluding carboxylic acids is 2. The maximum atomic E-state index is 12.4. The van der Waals surface area contributed by atoms with Crippen LogP contribution in [0.5, 0.6) is 0 Å². The molecule has 1 aromatic carbocycles. The third-order valence-electron chi connectivity index (χ3n) is 4.45. The molecule has 146 valence electrons. The molecule has 2 heterocycles. The number of hydrogen-bond acceptors (Lipinski definition) is 4. The molecule has 1 atom stereocenters. The maximum absolute atomic E-state index is 12.4. The number of nitrogens with two attached hydrogens (primary N) is 2. The number of hydrogen-bond donors (Lipinski definition) is 3. The normalized spacial score (nSPS) is 11.9. The summed E-state index contributed by atoms with van der Waals surface area (Å²) in [7, 11) is 0. The van der Waals surface area contributed by atoms with Gasteiger partial charge in [0.25, 0.3) is 11.8 Å². The Balaban J connectivity index is 1.69. The largest absolute Gasteiger partial charge is 0.366 e. The Morgan fingerprint density at radius 1 is 1.11 bits per heavy atom. The Labute approximate surface area is 172 Å². The molecule has 3 rings (SSSR count). The highest BCUT2D eigenvalue weighted by Gasteiger charge is 2.21. The Morgan fingerprint density at radius 3 is 2.54 bits per heavy atom. The Bertz CT molecular complexity index is 918. The van der Waals surface area contributed by atoms with Crippen molar-refractivity contribution in [2.75, 3.05) is 11.9 Å². The minimum absolute atomic E-state index is 0.0559. The average molecular weight is 415 g/mol. The van der Waals surface area contributed by atoms with Gasteiger partial charge in [0.15, 0.2) is 6.54 Å². The molecule has 5 nitrogen and oxygen atoms in total. The number of primary amides is 1. The summed E-state index contributed by atoms with van der Waals surface area (Å²) in [5, 5.41) is 9.11. The summed E-state index contributed by atoms with van der Waals surface area (Å²) in [4.78, 5) is 25.1. The number of carbonyl (C=O) groups is 2. The van der Waals surface area contributed by atoms with Crippen molar-refractivity contribution in [1.82, 2.24) is 0 Å². The lowest BCUT2D eigenvalue weighted by molar-refractivity contribution is -0.675. The Hall–Kier alpha value is -2.48. The van der Waals surface area contributed by atoms with Crippen molar-refractivity contribution < 1.29 is 14.9 Å². The SMILES string of the molecule is CCCc1ccc([C@@H]([NH2+]CC(=O)Nc2sccc2C(N)=O)c2cccs2)cc1. The number of amides is 2. The second-order valence-corrected chi connectivity index (χ2v) is 8.40. The first-order chi connectivity index (χ1) is 13.6. The standard InChI is InChI=1S/C21H23N3O2S2/c1-2-4-14-6-8-15(9-7-14)19(17-5-3-11-27-17)23-13-18(25)24-21-16(20(22)26)10-12-28-21/h3,5-12,19,23H,2,4,13H2,1H3,(H2,22,26)(H,24,25)/p+1/t19-/m1/s1. The average Bonchev–Trinajstić information content (AvgIpc) is 3.35. The number of nitrogens with one attached hydrogen (secondary N) is 1. The van der Waals surface area contributed by atoms with E-state index in [0.717, 1.165) is 12.8 Å². The molecule has 0 aliphatic rings. The molecule has 3 aromatic rings. The number of aryl methyl sites for hydroxylation is 1. The molecule has 0 bridgehead atoms. The van der Waals surface area contributed by atoms with E-state index in [-0.39, 0.29) is 18.5 Å². The monoisotopic (exact) mass is 414 g/mol. The highest BCUT2D eigenvalue weighted by atomic mass is 32.1.